The maximum atomic E-state index is 12.4. The molecule has 0 aliphatic carbocycles. The minimum atomic E-state index is -3.93. The van der Waals surface area contributed by atoms with Crippen LogP contribution >= 0.6 is 0 Å². The van der Waals surface area contributed by atoms with Crippen LogP contribution in [0.2, 0.25) is 0 Å². The summed E-state index contributed by atoms with van der Waals surface area (Å²) in [7, 11) is 0.115. The van der Waals surface area contributed by atoms with Crippen LogP contribution in [0.5, 0.6) is 5.75 Å². The SMILES string of the molecule is CC(=O)[O-].CN1Cc2ccc(N)c(N=Nc3ccc(S(=O)(=O)Oc4ccccc4)cc3)c2[NH+]1C. The first-order chi connectivity index (χ1) is 16.1. The van der Waals surface area contributed by atoms with E-state index in [2.05, 4.69) is 15.2 Å². The summed E-state index contributed by atoms with van der Waals surface area (Å²) in [5.41, 5.74) is 9.96. The largest absolute Gasteiger partial charge is 0.550 e. The van der Waals surface area contributed by atoms with Crippen molar-refractivity contribution in [1.29, 1.82) is 0 Å². The average molecular weight is 484 g/mol. The highest BCUT2D eigenvalue weighted by Crippen LogP contribution is 2.36. The number of anilines is 1. The number of hydrogen-bond donors (Lipinski definition) is 2. The summed E-state index contributed by atoms with van der Waals surface area (Å²) in [5, 5.41) is 20.7. The van der Waals surface area contributed by atoms with Crippen LogP contribution in [-0.2, 0) is 21.5 Å². The smallest absolute Gasteiger partial charge is 0.339 e. The molecule has 0 radical (unpaired) electrons. The van der Waals surface area contributed by atoms with Gasteiger partial charge in [-0.15, -0.1) is 5.11 Å². The van der Waals surface area contributed by atoms with Crippen LogP contribution < -0.4 is 20.0 Å². The molecule has 3 aromatic rings. The fourth-order valence-electron chi connectivity index (χ4n) is 3.30. The van der Waals surface area contributed by atoms with Crippen LogP contribution in [-0.4, -0.2) is 33.5 Å². The van der Waals surface area contributed by atoms with E-state index in [9.17, 15) is 8.42 Å². The van der Waals surface area contributed by atoms with E-state index in [1.807, 2.05) is 26.2 Å². The highest BCUT2D eigenvalue weighted by Gasteiger charge is 2.31. The van der Waals surface area contributed by atoms with Crippen molar-refractivity contribution in [3.63, 3.8) is 0 Å². The van der Waals surface area contributed by atoms with Crippen molar-refractivity contribution < 1.29 is 27.5 Å². The quantitative estimate of drug-likeness (QED) is 0.320. The molecule has 0 fully saturated rings. The highest BCUT2D eigenvalue weighted by molar-refractivity contribution is 7.87. The maximum Gasteiger partial charge on any atom is 0.339 e. The second kappa shape index (κ2) is 10.4. The van der Waals surface area contributed by atoms with E-state index >= 15 is 0 Å². The van der Waals surface area contributed by atoms with Crippen molar-refractivity contribution in [2.24, 2.45) is 10.2 Å². The van der Waals surface area contributed by atoms with Gasteiger partial charge in [-0.05, 0) is 55.5 Å². The van der Waals surface area contributed by atoms with Crippen molar-refractivity contribution in [3.05, 3.63) is 72.3 Å². The number of para-hydroxylation sites is 1. The molecular formula is C23H25N5O5S. The predicted molar refractivity (Wildman–Crippen MR) is 124 cm³/mol. The first kappa shape index (κ1) is 24.8. The van der Waals surface area contributed by atoms with Gasteiger partial charge in [-0.3, -0.25) is 0 Å². The van der Waals surface area contributed by atoms with E-state index in [1.54, 1.807) is 42.5 Å². The molecule has 11 heteroatoms. The maximum absolute atomic E-state index is 12.4. The summed E-state index contributed by atoms with van der Waals surface area (Å²) < 4.78 is 30.0. The monoisotopic (exact) mass is 483 g/mol. The number of fused-ring (bicyclic) bond motifs is 1. The number of nitrogens with zero attached hydrogens (tertiary/aromatic N) is 3. The lowest BCUT2D eigenvalue weighted by Crippen LogP contribution is -3.08. The molecule has 4 rings (SSSR count). The van der Waals surface area contributed by atoms with E-state index in [4.69, 9.17) is 19.8 Å². The normalized spacial score (nSPS) is 15.4. The molecule has 178 valence electrons. The van der Waals surface area contributed by atoms with Crippen molar-refractivity contribution >= 4 is 38.8 Å². The Balaban J connectivity index is 0.000000751. The Bertz CT molecular complexity index is 1290. The third-order valence-corrected chi connectivity index (χ3v) is 6.24. The molecule has 0 amide bonds. The number of nitrogen functional groups attached to an aromatic ring is 1. The van der Waals surface area contributed by atoms with Crippen LogP contribution in [0.1, 0.15) is 12.5 Å². The summed E-state index contributed by atoms with van der Waals surface area (Å²) in [5.74, 6) is -0.828. The molecule has 3 aromatic carbocycles. The summed E-state index contributed by atoms with van der Waals surface area (Å²) in [6, 6.07) is 18.2. The van der Waals surface area contributed by atoms with Gasteiger partial charge in [0.25, 0.3) is 0 Å². The first-order valence-electron chi connectivity index (χ1n) is 10.2. The second-order valence-electron chi connectivity index (χ2n) is 7.51. The zero-order chi connectivity index (χ0) is 24.9. The third kappa shape index (κ3) is 5.95. The topological polar surface area (TPSA) is 142 Å². The van der Waals surface area contributed by atoms with Crippen molar-refractivity contribution in [2.75, 3.05) is 19.8 Å². The van der Waals surface area contributed by atoms with Crippen LogP contribution in [0, 0.1) is 0 Å². The Morgan fingerprint density at radius 1 is 1.06 bits per heavy atom. The molecular weight excluding hydrogens is 458 g/mol. The number of carboxylic acids is 1. The van der Waals surface area contributed by atoms with Gasteiger partial charge in [0.1, 0.15) is 10.6 Å². The molecule has 0 saturated carbocycles. The molecule has 0 spiro atoms. The van der Waals surface area contributed by atoms with Crippen molar-refractivity contribution in [3.8, 4) is 5.75 Å². The minimum Gasteiger partial charge on any atom is -0.550 e. The van der Waals surface area contributed by atoms with E-state index in [-0.39, 0.29) is 10.6 Å². The molecule has 1 unspecified atom stereocenters. The van der Waals surface area contributed by atoms with E-state index < -0.39 is 16.1 Å². The molecule has 0 bridgehead atoms. The van der Waals surface area contributed by atoms with Crippen LogP contribution in [0.3, 0.4) is 0 Å². The number of aliphatic carboxylic acids is 1. The number of azo groups is 1. The molecule has 1 atom stereocenters. The summed E-state index contributed by atoms with van der Waals surface area (Å²) >= 11 is 0. The molecule has 34 heavy (non-hydrogen) atoms. The van der Waals surface area contributed by atoms with Crippen LogP contribution in [0.15, 0.2) is 81.9 Å². The number of hydrogen-bond acceptors (Lipinski definition) is 9. The van der Waals surface area contributed by atoms with E-state index in [0.29, 0.717) is 17.1 Å². The van der Waals surface area contributed by atoms with Gasteiger partial charge in [-0.2, -0.15) is 18.5 Å². The molecule has 0 aromatic heterocycles. The third-order valence-electron chi connectivity index (χ3n) is 4.98. The van der Waals surface area contributed by atoms with Gasteiger partial charge in [0, 0.05) is 18.6 Å². The van der Waals surface area contributed by atoms with E-state index in [1.165, 1.54) is 12.1 Å². The summed E-state index contributed by atoms with van der Waals surface area (Å²) in [4.78, 5) is 8.93. The zero-order valence-electron chi connectivity index (χ0n) is 18.9. The predicted octanol–water partition coefficient (Wildman–Crippen LogP) is 1.71. The summed E-state index contributed by atoms with van der Waals surface area (Å²) in [6.45, 7) is 1.78. The number of carboxylic acid groups (broad SMARTS) is 1. The van der Waals surface area contributed by atoms with Gasteiger partial charge in [0.2, 0.25) is 0 Å². The van der Waals surface area contributed by atoms with Gasteiger partial charge in [0.15, 0.2) is 11.4 Å². The van der Waals surface area contributed by atoms with Gasteiger partial charge in [-0.25, -0.2) is 5.01 Å². The molecule has 10 nitrogen and oxygen atoms in total. The Labute approximate surface area is 198 Å². The minimum absolute atomic E-state index is 0.0382. The Morgan fingerprint density at radius 2 is 1.68 bits per heavy atom. The fourth-order valence-corrected chi connectivity index (χ4v) is 4.23. The fraction of sp³-hybridized carbons (Fsp3) is 0.174. The first-order valence-corrected chi connectivity index (χ1v) is 11.6. The van der Waals surface area contributed by atoms with Crippen molar-refractivity contribution in [1.82, 2.24) is 5.01 Å². The number of benzene rings is 3. The lowest BCUT2D eigenvalue weighted by atomic mass is 10.1. The van der Waals surface area contributed by atoms with E-state index in [0.717, 1.165) is 29.7 Å². The number of nitrogens with two attached hydrogens (primary N) is 1. The molecule has 1 aliphatic rings. The van der Waals surface area contributed by atoms with Gasteiger partial charge in [0.05, 0.1) is 25.0 Å². The number of quaternary nitrogens is 1. The standard InChI is InChI=1S/C21H21N5O3S.C2H4O2/c1-25-14-15-8-13-19(22)20(21(15)26(25)2)24-23-16-9-11-18(12-10-16)30(27,28)29-17-6-4-3-5-7-17;1-2(3)4/h3-13H,14,22H2,1-2H3;1H3,(H,3,4). The second-order valence-corrected chi connectivity index (χ2v) is 9.06. The molecule has 1 aliphatic heterocycles. The number of rotatable bonds is 5. The lowest BCUT2D eigenvalue weighted by Gasteiger charge is -2.15. The molecule has 0 saturated heterocycles. The zero-order valence-corrected chi connectivity index (χ0v) is 19.7. The highest BCUT2D eigenvalue weighted by atomic mass is 32.2. The van der Waals surface area contributed by atoms with Gasteiger partial charge in [-0.1, -0.05) is 18.2 Å². The van der Waals surface area contributed by atoms with Crippen molar-refractivity contribution in [2.45, 2.75) is 18.4 Å². The van der Waals surface area contributed by atoms with Crippen LogP contribution in [0.4, 0.5) is 22.7 Å². The van der Waals surface area contributed by atoms with Crippen LogP contribution in [0.25, 0.3) is 0 Å². The number of carbonyl (C=O) groups is 1. The summed E-state index contributed by atoms with van der Waals surface area (Å²) in [6.07, 6.45) is 0. The molecule has 3 N–H and O–H groups in total. The average Bonchev–Trinajstić information content (AvgIpc) is 3.07. The number of carbonyl (C=O) groups excluding carboxylic acids is 1. The Morgan fingerprint density at radius 3 is 2.29 bits per heavy atom. The number of nitrogens with one attached hydrogen (secondary N) is 1. The lowest BCUT2D eigenvalue weighted by molar-refractivity contribution is -0.931. The Hall–Kier alpha value is -3.80. The van der Waals surface area contributed by atoms with Gasteiger partial charge >= 0.3 is 10.1 Å². The van der Waals surface area contributed by atoms with Gasteiger partial charge < -0.3 is 19.8 Å². The molecule has 1 heterocycles. The Kier molecular flexibility index (Phi) is 7.61.